The predicted octanol–water partition coefficient (Wildman–Crippen LogP) is 0.677. The third kappa shape index (κ3) is 4.69. The minimum absolute atomic E-state index is 0.0607. The zero-order valence-electron chi connectivity index (χ0n) is 13.4. The molecule has 126 valence electrons. The second kappa shape index (κ2) is 8.12. The third-order valence-corrected chi connectivity index (χ3v) is 3.51. The molecule has 1 aliphatic rings. The van der Waals surface area contributed by atoms with Crippen molar-refractivity contribution in [2.45, 2.75) is 46.3 Å². The van der Waals surface area contributed by atoms with Crippen LogP contribution in [0.2, 0.25) is 0 Å². The third-order valence-electron chi connectivity index (χ3n) is 3.51. The van der Waals surface area contributed by atoms with Crippen LogP contribution in [0.4, 0.5) is 0 Å². The van der Waals surface area contributed by atoms with E-state index in [9.17, 15) is 14.4 Å². The quantitative estimate of drug-likeness (QED) is 0.601. The Morgan fingerprint density at radius 1 is 1.32 bits per heavy atom. The Kier molecular flexibility index (Phi) is 6.80. The number of ether oxygens (including phenoxy) is 3. The lowest BCUT2D eigenvalue weighted by Gasteiger charge is -2.29. The van der Waals surface area contributed by atoms with E-state index in [0.29, 0.717) is 0 Å². The maximum absolute atomic E-state index is 12.2. The molecule has 7 nitrogen and oxygen atoms in total. The van der Waals surface area contributed by atoms with Crippen LogP contribution >= 0.6 is 0 Å². The second-order valence-corrected chi connectivity index (χ2v) is 5.85. The summed E-state index contributed by atoms with van der Waals surface area (Å²) in [5.74, 6) is -3.49. The maximum atomic E-state index is 12.2. The molecule has 0 unspecified atom stereocenters. The molecule has 0 aliphatic carbocycles. The molecule has 1 N–H and O–H groups in total. The van der Waals surface area contributed by atoms with E-state index in [1.807, 2.05) is 0 Å². The van der Waals surface area contributed by atoms with Gasteiger partial charge in [0.2, 0.25) is 0 Å². The van der Waals surface area contributed by atoms with Crippen molar-refractivity contribution >= 4 is 17.9 Å². The van der Waals surface area contributed by atoms with Crippen molar-refractivity contribution in [2.75, 3.05) is 13.2 Å². The summed E-state index contributed by atoms with van der Waals surface area (Å²) in [6.07, 6.45) is -1.73. The molecule has 0 aromatic heterocycles. The fourth-order valence-corrected chi connectivity index (χ4v) is 2.08. The van der Waals surface area contributed by atoms with Crippen LogP contribution < -0.4 is 0 Å². The number of aliphatic hydroxyl groups is 1. The smallest absolute Gasteiger partial charge is 0.312 e. The first-order valence-electron chi connectivity index (χ1n) is 7.46. The molecule has 1 heterocycles. The molecule has 0 radical (unpaired) electrons. The van der Waals surface area contributed by atoms with Gasteiger partial charge in [-0.3, -0.25) is 14.4 Å². The number of carbonyl (C=O) groups is 3. The molecular formula is C15H24O7. The number of hydrogen-bond acceptors (Lipinski definition) is 7. The van der Waals surface area contributed by atoms with Crippen LogP contribution in [-0.2, 0) is 28.6 Å². The molecule has 0 saturated carbocycles. The standard InChI is InChI=1S/C15H24O7/c1-8(2)13(17)22-12-10(4)21-14(18)9(3)7-20-15(19)11(12)5-6-16/h8-12,16H,5-7H2,1-4H3/t9-,10-,11+,12-/m0/s1. The fraction of sp³-hybridized carbons (Fsp3) is 0.800. The number of cyclic esters (lactones) is 2. The van der Waals surface area contributed by atoms with Gasteiger partial charge in [-0.1, -0.05) is 13.8 Å². The molecule has 0 amide bonds. The summed E-state index contributed by atoms with van der Waals surface area (Å²) in [6, 6.07) is 0. The highest BCUT2D eigenvalue weighted by atomic mass is 16.6. The highest BCUT2D eigenvalue weighted by Crippen LogP contribution is 2.24. The zero-order valence-corrected chi connectivity index (χ0v) is 13.4. The average Bonchev–Trinajstić information content (AvgIpc) is 2.49. The molecule has 1 saturated heterocycles. The van der Waals surface area contributed by atoms with Gasteiger partial charge < -0.3 is 19.3 Å². The minimum atomic E-state index is -0.983. The molecule has 0 aromatic carbocycles. The molecule has 1 aliphatic heterocycles. The van der Waals surface area contributed by atoms with Crippen LogP contribution in [0.25, 0.3) is 0 Å². The van der Waals surface area contributed by atoms with Gasteiger partial charge in [0, 0.05) is 6.61 Å². The Labute approximate surface area is 129 Å². The Bertz CT molecular complexity index is 418. The SMILES string of the molecule is CC(C)C(=O)O[C@H]1[C@H](C)OC(=O)[C@@H](C)COC(=O)[C@@H]1CCO. The number of aliphatic hydroxyl groups excluding tert-OH is 1. The molecule has 4 atom stereocenters. The van der Waals surface area contributed by atoms with Gasteiger partial charge in [-0.2, -0.15) is 0 Å². The van der Waals surface area contributed by atoms with Gasteiger partial charge in [-0.05, 0) is 20.3 Å². The van der Waals surface area contributed by atoms with Crippen molar-refractivity contribution in [2.24, 2.45) is 17.8 Å². The van der Waals surface area contributed by atoms with Gasteiger partial charge in [0.15, 0.2) is 6.10 Å². The predicted molar refractivity (Wildman–Crippen MR) is 75.6 cm³/mol. The molecule has 0 bridgehead atoms. The van der Waals surface area contributed by atoms with E-state index < -0.39 is 42.0 Å². The van der Waals surface area contributed by atoms with Crippen LogP contribution in [0.1, 0.15) is 34.1 Å². The van der Waals surface area contributed by atoms with Crippen molar-refractivity contribution in [3.05, 3.63) is 0 Å². The topological polar surface area (TPSA) is 99.1 Å². The number of hydrogen-bond donors (Lipinski definition) is 1. The van der Waals surface area contributed by atoms with Crippen molar-refractivity contribution in [3.63, 3.8) is 0 Å². The first kappa shape index (κ1) is 18.4. The Hall–Kier alpha value is -1.63. The van der Waals surface area contributed by atoms with E-state index >= 15 is 0 Å². The normalized spacial score (nSPS) is 29.9. The van der Waals surface area contributed by atoms with Crippen LogP contribution in [0.5, 0.6) is 0 Å². The molecule has 0 aromatic rings. The van der Waals surface area contributed by atoms with Gasteiger partial charge in [0.05, 0.1) is 17.8 Å². The van der Waals surface area contributed by atoms with Gasteiger partial charge in [0.25, 0.3) is 0 Å². The molecule has 0 spiro atoms. The average molecular weight is 316 g/mol. The summed E-state index contributed by atoms with van der Waals surface area (Å²) in [6.45, 7) is 6.10. The van der Waals surface area contributed by atoms with Crippen molar-refractivity contribution in [3.8, 4) is 0 Å². The summed E-state index contributed by atoms with van der Waals surface area (Å²) in [4.78, 5) is 35.9. The Morgan fingerprint density at radius 3 is 2.50 bits per heavy atom. The lowest BCUT2D eigenvalue weighted by Crippen LogP contribution is -2.43. The molecule has 22 heavy (non-hydrogen) atoms. The molecule has 1 rings (SSSR count). The van der Waals surface area contributed by atoms with Gasteiger partial charge in [0.1, 0.15) is 12.7 Å². The van der Waals surface area contributed by atoms with Crippen molar-refractivity contribution in [1.82, 2.24) is 0 Å². The summed E-state index contributed by atoms with van der Waals surface area (Å²) >= 11 is 0. The van der Waals surface area contributed by atoms with E-state index in [-0.39, 0.29) is 25.6 Å². The highest BCUT2D eigenvalue weighted by Gasteiger charge is 2.40. The Balaban J connectivity index is 3.06. The number of carbonyl (C=O) groups excluding carboxylic acids is 3. The van der Waals surface area contributed by atoms with Crippen LogP contribution in [0.3, 0.4) is 0 Å². The number of esters is 3. The number of rotatable bonds is 4. The van der Waals surface area contributed by atoms with Crippen LogP contribution in [0, 0.1) is 17.8 Å². The monoisotopic (exact) mass is 316 g/mol. The van der Waals surface area contributed by atoms with Crippen molar-refractivity contribution < 1.29 is 33.7 Å². The summed E-state index contributed by atoms with van der Waals surface area (Å²) in [5.41, 5.74) is 0. The summed E-state index contributed by atoms with van der Waals surface area (Å²) in [7, 11) is 0. The maximum Gasteiger partial charge on any atom is 0.312 e. The highest BCUT2D eigenvalue weighted by molar-refractivity contribution is 5.77. The fourth-order valence-electron chi connectivity index (χ4n) is 2.08. The zero-order chi connectivity index (χ0) is 16.9. The summed E-state index contributed by atoms with van der Waals surface area (Å²) in [5, 5.41) is 9.16. The summed E-state index contributed by atoms with van der Waals surface area (Å²) < 4.78 is 15.7. The van der Waals surface area contributed by atoms with Crippen molar-refractivity contribution in [1.29, 1.82) is 0 Å². The molecule has 1 fully saturated rings. The van der Waals surface area contributed by atoms with E-state index in [4.69, 9.17) is 19.3 Å². The van der Waals surface area contributed by atoms with Gasteiger partial charge in [-0.15, -0.1) is 0 Å². The molecular weight excluding hydrogens is 292 g/mol. The minimum Gasteiger partial charge on any atom is -0.464 e. The lowest BCUT2D eigenvalue weighted by atomic mass is 9.95. The Morgan fingerprint density at radius 2 is 1.95 bits per heavy atom. The van der Waals surface area contributed by atoms with Crippen LogP contribution in [0.15, 0.2) is 0 Å². The van der Waals surface area contributed by atoms with E-state index in [0.717, 1.165) is 0 Å². The second-order valence-electron chi connectivity index (χ2n) is 5.85. The molecule has 7 heteroatoms. The van der Waals surface area contributed by atoms with Gasteiger partial charge >= 0.3 is 17.9 Å². The van der Waals surface area contributed by atoms with Gasteiger partial charge in [-0.25, -0.2) is 0 Å². The van der Waals surface area contributed by atoms with E-state index in [1.54, 1.807) is 27.7 Å². The first-order valence-corrected chi connectivity index (χ1v) is 7.46. The van der Waals surface area contributed by atoms with Crippen LogP contribution in [-0.4, -0.2) is 48.4 Å². The first-order chi connectivity index (χ1) is 10.3. The largest absolute Gasteiger partial charge is 0.464 e. The van der Waals surface area contributed by atoms with E-state index in [1.165, 1.54) is 0 Å². The lowest BCUT2D eigenvalue weighted by molar-refractivity contribution is -0.177. The van der Waals surface area contributed by atoms with E-state index in [2.05, 4.69) is 0 Å².